The van der Waals surface area contributed by atoms with Gasteiger partial charge in [-0.25, -0.2) is 4.39 Å². The monoisotopic (exact) mass is 178 g/mol. The zero-order valence-corrected chi connectivity index (χ0v) is 7.63. The van der Waals surface area contributed by atoms with Gasteiger partial charge in [-0.3, -0.25) is 0 Å². The minimum atomic E-state index is -0.479. The van der Waals surface area contributed by atoms with Gasteiger partial charge < -0.3 is 5.32 Å². The van der Waals surface area contributed by atoms with Gasteiger partial charge in [-0.2, -0.15) is 5.26 Å². The summed E-state index contributed by atoms with van der Waals surface area (Å²) in [7, 11) is 0. The molecule has 0 unspecified atom stereocenters. The molecule has 0 aliphatic heterocycles. The number of anilines is 1. The van der Waals surface area contributed by atoms with E-state index in [1.165, 1.54) is 6.07 Å². The summed E-state index contributed by atoms with van der Waals surface area (Å²) >= 11 is 0. The van der Waals surface area contributed by atoms with Gasteiger partial charge in [0.2, 0.25) is 0 Å². The summed E-state index contributed by atoms with van der Waals surface area (Å²) < 4.78 is 13.0. The Morgan fingerprint density at radius 1 is 1.46 bits per heavy atom. The predicted molar refractivity (Wildman–Crippen MR) is 49.9 cm³/mol. The van der Waals surface area contributed by atoms with E-state index in [4.69, 9.17) is 5.26 Å². The highest BCUT2D eigenvalue weighted by atomic mass is 19.1. The number of nitrogens with one attached hydrogen (secondary N) is 1. The van der Waals surface area contributed by atoms with Crippen LogP contribution in [0.1, 0.15) is 19.4 Å². The number of hydrogen-bond donors (Lipinski definition) is 1. The van der Waals surface area contributed by atoms with Crippen molar-refractivity contribution in [3.63, 3.8) is 0 Å². The number of nitrogens with zero attached hydrogens (tertiary/aromatic N) is 1. The molecule has 0 amide bonds. The highest BCUT2D eigenvalue weighted by Gasteiger charge is 2.07. The summed E-state index contributed by atoms with van der Waals surface area (Å²) in [4.78, 5) is 0. The van der Waals surface area contributed by atoms with Crippen LogP contribution in [0.5, 0.6) is 0 Å². The second kappa shape index (κ2) is 3.90. The maximum atomic E-state index is 13.0. The van der Waals surface area contributed by atoms with Crippen LogP contribution in [0, 0.1) is 17.1 Å². The molecule has 0 aliphatic rings. The van der Waals surface area contributed by atoms with Gasteiger partial charge in [0.1, 0.15) is 17.4 Å². The molecule has 0 fully saturated rings. The van der Waals surface area contributed by atoms with Crippen molar-refractivity contribution in [1.29, 1.82) is 5.26 Å². The van der Waals surface area contributed by atoms with Gasteiger partial charge in [-0.1, -0.05) is 6.07 Å². The van der Waals surface area contributed by atoms with E-state index in [9.17, 15) is 4.39 Å². The molecule has 0 spiro atoms. The molecule has 13 heavy (non-hydrogen) atoms. The van der Waals surface area contributed by atoms with E-state index in [-0.39, 0.29) is 11.6 Å². The highest BCUT2D eigenvalue weighted by Crippen LogP contribution is 2.18. The van der Waals surface area contributed by atoms with Crippen LogP contribution in [-0.2, 0) is 0 Å². The van der Waals surface area contributed by atoms with Crippen molar-refractivity contribution in [3.05, 3.63) is 29.6 Å². The zero-order chi connectivity index (χ0) is 9.84. The molecular formula is C10H11FN2. The van der Waals surface area contributed by atoms with Gasteiger partial charge in [0.05, 0.1) is 5.69 Å². The second-order valence-electron chi connectivity index (χ2n) is 3.07. The van der Waals surface area contributed by atoms with Crippen LogP contribution < -0.4 is 5.32 Å². The fraction of sp³-hybridized carbons (Fsp3) is 0.300. The van der Waals surface area contributed by atoms with Gasteiger partial charge in [-0.05, 0) is 26.0 Å². The molecule has 0 heterocycles. The third kappa shape index (κ3) is 2.19. The Morgan fingerprint density at radius 2 is 2.15 bits per heavy atom. The van der Waals surface area contributed by atoms with Crippen molar-refractivity contribution >= 4 is 5.69 Å². The standard InChI is InChI=1S/C10H11FN2/c1-7(2)13-10-5-3-4-9(11)8(10)6-12/h3-5,7,13H,1-2H3. The Labute approximate surface area is 77.0 Å². The number of hydrogen-bond acceptors (Lipinski definition) is 2. The van der Waals surface area contributed by atoms with Crippen molar-refractivity contribution in [2.75, 3.05) is 5.32 Å². The van der Waals surface area contributed by atoms with E-state index in [0.717, 1.165) is 0 Å². The lowest BCUT2D eigenvalue weighted by Crippen LogP contribution is -2.11. The fourth-order valence-electron chi connectivity index (χ4n) is 1.07. The minimum Gasteiger partial charge on any atom is -0.382 e. The molecule has 1 aromatic carbocycles. The Hall–Kier alpha value is -1.56. The van der Waals surface area contributed by atoms with Crippen LogP contribution >= 0.6 is 0 Å². The van der Waals surface area contributed by atoms with E-state index in [2.05, 4.69) is 5.32 Å². The average molecular weight is 178 g/mol. The summed E-state index contributed by atoms with van der Waals surface area (Å²) in [5, 5.41) is 11.7. The molecule has 1 rings (SSSR count). The lowest BCUT2D eigenvalue weighted by atomic mass is 10.1. The first-order valence-corrected chi connectivity index (χ1v) is 4.10. The van der Waals surface area contributed by atoms with Crippen LogP contribution in [0.3, 0.4) is 0 Å². The van der Waals surface area contributed by atoms with Crippen LogP contribution in [0.15, 0.2) is 18.2 Å². The zero-order valence-electron chi connectivity index (χ0n) is 7.63. The molecule has 0 aliphatic carbocycles. The summed E-state index contributed by atoms with van der Waals surface area (Å²) in [5.74, 6) is -0.479. The van der Waals surface area contributed by atoms with Crippen molar-refractivity contribution in [1.82, 2.24) is 0 Å². The molecule has 0 atom stereocenters. The number of nitriles is 1. The van der Waals surface area contributed by atoms with Crippen molar-refractivity contribution in [2.45, 2.75) is 19.9 Å². The van der Waals surface area contributed by atoms with Crippen LogP contribution in [0.25, 0.3) is 0 Å². The molecule has 0 radical (unpaired) electrons. The molecule has 0 saturated carbocycles. The molecule has 2 nitrogen and oxygen atoms in total. The summed E-state index contributed by atoms with van der Waals surface area (Å²) in [6.45, 7) is 3.87. The first kappa shape index (κ1) is 9.53. The normalized spacial score (nSPS) is 9.77. The number of halogens is 1. The van der Waals surface area contributed by atoms with E-state index in [0.29, 0.717) is 5.69 Å². The predicted octanol–water partition coefficient (Wildman–Crippen LogP) is 2.52. The highest BCUT2D eigenvalue weighted by molar-refractivity contribution is 5.58. The van der Waals surface area contributed by atoms with Crippen molar-refractivity contribution < 1.29 is 4.39 Å². The third-order valence-electron chi connectivity index (χ3n) is 1.57. The van der Waals surface area contributed by atoms with E-state index in [1.54, 1.807) is 12.1 Å². The van der Waals surface area contributed by atoms with Crippen LogP contribution in [0.2, 0.25) is 0 Å². The third-order valence-corrected chi connectivity index (χ3v) is 1.57. The Balaban J connectivity index is 3.07. The summed E-state index contributed by atoms with van der Waals surface area (Å²) in [5.41, 5.74) is 0.633. The first-order chi connectivity index (χ1) is 6.15. The van der Waals surface area contributed by atoms with E-state index >= 15 is 0 Å². The molecule has 68 valence electrons. The van der Waals surface area contributed by atoms with Crippen LogP contribution in [0.4, 0.5) is 10.1 Å². The first-order valence-electron chi connectivity index (χ1n) is 4.10. The minimum absolute atomic E-state index is 0.0798. The molecule has 1 aromatic rings. The molecule has 0 saturated heterocycles. The Bertz CT molecular complexity index is 339. The van der Waals surface area contributed by atoms with Gasteiger partial charge in [-0.15, -0.1) is 0 Å². The molecular weight excluding hydrogens is 167 g/mol. The van der Waals surface area contributed by atoms with Gasteiger partial charge in [0, 0.05) is 6.04 Å². The van der Waals surface area contributed by atoms with Crippen LogP contribution in [-0.4, -0.2) is 6.04 Å². The van der Waals surface area contributed by atoms with Gasteiger partial charge in [0.15, 0.2) is 0 Å². The SMILES string of the molecule is CC(C)Nc1cccc(F)c1C#N. The van der Waals surface area contributed by atoms with Gasteiger partial charge >= 0.3 is 0 Å². The lowest BCUT2D eigenvalue weighted by Gasteiger charge is -2.11. The Morgan fingerprint density at radius 3 is 2.69 bits per heavy atom. The number of benzene rings is 1. The van der Waals surface area contributed by atoms with Crippen molar-refractivity contribution in [2.24, 2.45) is 0 Å². The quantitative estimate of drug-likeness (QED) is 0.755. The average Bonchev–Trinajstić information content (AvgIpc) is 2.03. The van der Waals surface area contributed by atoms with E-state index < -0.39 is 5.82 Å². The fourth-order valence-corrected chi connectivity index (χ4v) is 1.07. The summed E-state index contributed by atoms with van der Waals surface area (Å²) in [6, 6.07) is 6.58. The van der Waals surface area contributed by atoms with E-state index in [1.807, 2.05) is 19.9 Å². The maximum Gasteiger partial charge on any atom is 0.143 e. The largest absolute Gasteiger partial charge is 0.382 e. The topological polar surface area (TPSA) is 35.8 Å². The molecule has 1 N–H and O–H groups in total. The number of rotatable bonds is 2. The second-order valence-corrected chi connectivity index (χ2v) is 3.07. The van der Waals surface area contributed by atoms with Crippen molar-refractivity contribution in [3.8, 4) is 6.07 Å². The molecule has 0 bridgehead atoms. The lowest BCUT2D eigenvalue weighted by molar-refractivity contribution is 0.624. The summed E-state index contributed by atoms with van der Waals surface area (Å²) in [6.07, 6.45) is 0. The Kier molecular flexibility index (Phi) is 2.86. The molecule has 3 heteroatoms. The molecule has 0 aromatic heterocycles. The van der Waals surface area contributed by atoms with Gasteiger partial charge in [0.25, 0.3) is 0 Å². The smallest absolute Gasteiger partial charge is 0.143 e. The maximum absolute atomic E-state index is 13.0.